The highest BCUT2D eigenvalue weighted by Crippen LogP contribution is 2.13. The maximum atomic E-state index is 11.6. The second-order valence-electron chi connectivity index (χ2n) is 3.27. The number of nitrogens with one attached hydrogen (secondary N) is 1. The molecule has 1 rings (SSSR count). The van der Waals surface area contributed by atoms with Crippen molar-refractivity contribution in [3.63, 3.8) is 0 Å². The lowest BCUT2D eigenvalue weighted by Crippen LogP contribution is -2.41. The fourth-order valence-electron chi connectivity index (χ4n) is 1.20. The lowest BCUT2D eigenvalue weighted by molar-refractivity contribution is -0.139. The Labute approximate surface area is 96.7 Å². The molecule has 1 atom stereocenters. The van der Waals surface area contributed by atoms with Crippen molar-refractivity contribution in [2.24, 2.45) is 0 Å². The number of aromatic hydroxyl groups is 1. The highest BCUT2D eigenvalue weighted by molar-refractivity contribution is 5.98. The number of rotatable bonds is 5. The van der Waals surface area contributed by atoms with Crippen LogP contribution in [0.2, 0.25) is 0 Å². The van der Waals surface area contributed by atoms with Gasteiger partial charge in [0.05, 0.1) is 11.8 Å². The second kappa shape index (κ2) is 5.80. The molecule has 4 N–H and O–H groups in total. The summed E-state index contributed by atoms with van der Waals surface area (Å²) in [7, 11) is 0. The quantitative estimate of drug-likeness (QED) is 0.543. The molecule has 1 heterocycles. The number of hydrogen-bond donors (Lipinski definition) is 4. The lowest BCUT2D eigenvalue weighted by Gasteiger charge is -2.13. The van der Waals surface area contributed by atoms with Crippen molar-refractivity contribution in [3.05, 3.63) is 24.0 Å². The third-order valence-electron chi connectivity index (χ3n) is 2.07. The Bertz CT molecular complexity index is 421. The molecule has 1 amide bonds. The first-order chi connectivity index (χ1) is 8.06. The fraction of sp³-hybridized carbons (Fsp3) is 0.300. The van der Waals surface area contributed by atoms with Gasteiger partial charge >= 0.3 is 5.97 Å². The highest BCUT2D eigenvalue weighted by Gasteiger charge is 2.21. The fourth-order valence-corrected chi connectivity index (χ4v) is 1.20. The van der Waals surface area contributed by atoms with Crippen LogP contribution < -0.4 is 5.32 Å². The molecule has 0 bridgehead atoms. The molecular weight excluding hydrogens is 228 g/mol. The van der Waals surface area contributed by atoms with Crippen LogP contribution in [0.25, 0.3) is 0 Å². The van der Waals surface area contributed by atoms with E-state index in [0.29, 0.717) is 0 Å². The molecule has 0 fully saturated rings. The van der Waals surface area contributed by atoms with Crippen LogP contribution in [-0.2, 0) is 4.79 Å². The molecule has 0 saturated carbocycles. The standard InChI is InChI=1S/C10H12N2O5/c13-4-2-7(10(16)17)12-9(15)6-1-3-11-5-8(6)14/h1,3,5,7,13-14H,2,4H2,(H,12,15)(H,16,17). The van der Waals surface area contributed by atoms with Crippen LogP contribution in [-0.4, -0.2) is 44.8 Å². The summed E-state index contributed by atoms with van der Waals surface area (Å²) in [5, 5.41) is 28.9. The minimum Gasteiger partial charge on any atom is -0.505 e. The molecule has 1 unspecified atom stereocenters. The number of aliphatic hydroxyl groups is 1. The van der Waals surface area contributed by atoms with Crippen molar-refractivity contribution >= 4 is 11.9 Å². The number of carbonyl (C=O) groups excluding carboxylic acids is 1. The van der Waals surface area contributed by atoms with Crippen LogP contribution in [0, 0.1) is 0 Å². The predicted octanol–water partition coefficient (Wildman–Crippen LogP) is -0.647. The van der Waals surface area contributed by atoms with E-state index in [2.05, 4.69) is 10.3 Å². The van der Waals surface area contributed by atoms with Crippen LogP contribution in [0.1, 0.15) is 16.8 Å². The molecule has 0 spiro atoms. The van der Waals surface area contributed by atoms with Gasteiger partial charge in [-0.15, -0.1) is 0 Å². The topological polar surface area (TPSA) is 120 Å². The summed E-state index contributed by atoms with van der Waals surface area (Å²) in [6.45, 7) is -0.362. The van der Waals surface area contributed by atoms with E-state index in [9.17, 15) is 14.7 Å². The van der Waals surface area contributed by atoms with Gasteiger partial charge in [0.1, 0.15) is 11.8 Å². The Morgan fingerprint density at radius 3 is 2.71 bits per heavy atom. The molecule has 0 saturated heterocycles. The van der Waals surface area contributed by atoms with Crippen LogP contribution in [0.4, 0.5) is 0 Å². The average Bonchev–Trinajstić information content (AvgIpc) is 2.28. The van der Waals surface area contributed by atoms with Crippen LogP contribution in [0.15, 0.2) is 18.5 Å². The maximum Gasteiger partial charge on any atom is 0.326 e. The Balaban J connectivity index is 2.77. The van der Waals surface area contributed by atoms with E-state index in [-0.39, 0.29) is 24.3 Å². The Morgan fingerprint density at radius 2 is 2.18 bits per heavy atom. The zero-order valence-corrected chi connectivity index (χ0v) is 8.83. The Morgan fingerprint density at radius 1 is 1.47 bits per heavy atom. The zero-order valence-electron chi connectivity index (χ0n) is 8.83. The average molecular weight is 240 g/mol. The number of hydrogen-bond acceptors (Lipinski definition) is 5. The van der Waals surface area contributed by atoms with E-state index < -0.39 is 17.9 Å². The molecule has 0 aliphatic rings. The van der Waals surface area contributed by atoms with E-state index >= 15 is 0 Å². The van der Waals surface area contributed by atoms with Gasteiger partial charge in [-0.2, -0.15) is 0 Å². The third-order valence-corrected chi connectivity index (χ3v) is 2.07. The summed E-state index contributed by atoms with van der Waals surface area (Å²) >= 11 is 0. The summed E-state index contributed by atoms with van der Waals surface area (Å²) in [4.78, 5) is 25.9. The lowest BCUT2D eigenvalue weighted by atomic mass is 10.2. The van der Waals surface area contributed by atoms with Crippen molar-refractivity contribution in [3.8, 4) is 5.75 Å². The number of amides is 1. The SMILES string of the molecule is O=C(NC(CCO)C(=O)O)c1ccncc1O. The van der Waals surface area contributed by atoms with Crippen molar-refractivity contribution in [2.45, 2.75) is 12.5 Å². The summed E-state index contributed by atoms with van der Waals surface area (Å²) in [5.41, 5.74) is -0.0656. The highest BCUT2D eigenvalue weighted by atomic mass is 16.4. The number of carbonyl (C=O) groups is 2. The molecule has 1 aromatic heterocycles. The van der Waals surface area contributed by atoms with Gasteiger partial charge in [0.25, 0.3) is 5.91 Å². The smallest absolute Gasteiger partial charge is 0.326 e. The molecule has 7 heteroatoms. The van der Waals surface area contributed by atoms with Crippen LogP contribution in [0.3, 0.4) is 0 Å². The van der Waals surface area contributed by atoms with E-state index in [1.54, 1.807) is 0 Å². The van der Waals surface area contributed by atoms with Gasteiger partial charge in [0, 0.05) is 19.2 Å². The number of aromatic nitrogens is 1. The molecule has 0 aliphatic carbocycles. The summed E-state index contributed by atoms with van der Waals surface area (Å²) in [6.07, 6.45) is 2.28. The van der Waals surface area contributed by atoms with Crippen LogP contribution >= 0.6 is 0 Å². The molecule has 0 aliphatic heterocycles. The summed E-state index contributed by atoms with van der Waals surface area (Å²) < 4.78 is 0. The Hall–Kier alpha value is -2.15. The van der Waals surface area contributed by atoms with E-state index in [0.717, 1.165) is 6.20 Å². The largest absolute Gasteiger partial charge is 0.505 e. The van der Waals surface area contributed by atoms with E-state index in [4.69, 9.17) is 10.2 Å². The van der Waals surface area contributed by atoms with Gasteiger partial charge in [-0.25, -0.2) is 4.79 Å². The second-order valence-corrected chi connectivity index (χ2v) is 3.27. The van der Waals surface area contributed by atoms with Crippen molar-refractivity contribution in [2.75, 3.05) is 6.61 Å². The number of nitrogens with zero attached hydrogens (tertiary/aromatic N) is 1. The molecule has 7 nitrogen and oxygen atoms in total. The number of aliphatic hydroxyl groups excluding tert-OH is 1. The normalized spacial score (nSPS) is 11.8. The number of aliphatic carboxylic acids is 1. The minimum absolute atomic E-state index is 0.0656. The number of carboxylic acid groups (broad SMARTS) is 1. The first-order valence-electron chi connectivity index (χ1n) is 4.83. The predicted molar refractivity (Wildman–Crippen MR) is 56.5 cm³/mol. The van der Waals surface area contributed by atoms with Crippen molar-refractivity contribution in [1.82, 2.24) is 10.3 Å². The van der Waals surface area contributed by atoms with Gasteiger partial charge in [-0.3, -0.25) is 9.78 Å². The summed E-state index contributed by atoms with van der Waals surface area (Å²) in [6, 6.07) is 0.0720. The van der Waals surface area contributed by atoms with Gasteiger partial charge in [-0.05, 0) is 6.07 Å². The summed E-state index contributed by atoms with van der Waals surface area (Å²) in [5.74, 6) is -2.31. The first-order valence-corrected chi connectivity index (χ1v) is 4.83. The van der Waals surface area contributed by atoms with Gasteiger partial charge in [0.2, 0.25) is 0 Å². The molecule has 0 radical (unpaired) electrons. The first kappa shape index (κ1) is 12.9. The van der Waals surface area contributed by atoms with Crippen LogP contribution in [0.5, 0.6) is 5.75 Å². The van der Waals surface area contributed by atoms with E-state index in [1.165, 1.54) is 12.3 Å². The van der Waals surface area contributed by atoms with E-state index in [1.807, 2.05) is 0 Å². The molecule has 0 aromatic carbocycles. The third kappa shape index (κ3) is 3.42. The number of carboxylic acids is 1. The van der Waals surface area contributed by atoms with Crippen molar-refractivity contribution < 1.29 is 24.9 Å². The zero-order chi connectivity index (χ0) is 12.8. The Kier molecular flexibility index (Phi) is 4.41. The molecule has 17 heavy (non-hydrogen) atoms. The number of pyridine rings is 1. The van der Waals surface area contributed by atoms with Crippen molar-refractivity contribution in [1.29, 1.82) is 0 Å². The molecule has 1 aromatic rings. The minimum atomic E-state index is -1.25. The molecule has 92 valence electrons. The van der Waals surface area contributed by atoms with Gasteiger partial charge in [0.15, 0.2) is 0 Å². The van der Waals surface area contributed by atoms with Gasteiger partial charge < -0.3 is 20.6 Å². The van der Waals surface area contributed by atoms with Gasteiger partial charge in [-0.1, -0.05) is 0 Å². The molecular formula is C10H12N2O5. The maximum absolute atomic E-state index is 11.6. The monoisotopic (exact) mass is 240 g/mol.